The third-order valence-electron chi connectivity index (χ3n) is 3.31. The molecule has 0 radical (unpaired) electrons. The highest BCUT2D eigenvalue weighted by Gasteiger charge is 2.15. The van der Waals surface area contributed by atoms with Gasteiger partial charge in [0.15, 0.2) is 6.10 Å². The summed E-state index contributed by atoms with van der Waals surface area (Å²) < 4.78 is 18.2. The second-order valence-electron chi connectivity index (χ2n) is 5.41. The van der Waals surface area contributed by atoms with Crippen molar-refractivity contribution in [3.63, 3.8) is 0 Å². The second kappa shape index (κ2) is 8.10. The number of rotatable bonds is 5. The molecule has 0 spiro atoms. The summed E-state index contributed by atoms with van der Waals surface area (Å²) in [7, 11) is 0. The molecule has 2 amide bonds. The minimum atomic E-state index is -0.838. The normalized spacial score (nSPS) is 11.5. The lowest BCUT2D eigenvalue weighted by Gasteiger charge is -2.15. The lowest BCUT2D eigenvalue weighted by Crippen LogP contribution is -2.47. The van der Waals surface area contributed by atoms with E-state index in [1.165, 1.54) is 31.2 Å². The van der Waals surface area contributed by atoms with Crippen LogP contribution in [0.25, 0.3) is 0 Å². The Morgan fingerprint density at radius 3 is 2.29 bits per heavy atom. The number of nitrogens with one attached hydrogen (secondary N) is 2. The summed E-state index contributed by atoms with van der Waals surface area (Å²) in [5.41, 5.74) is 6.61. The van der Waals surface area contributed by atoms with Gasteiger partial charge in [-0.2, -0.15) is 0 Å². The van der Waals surface area contributed by atoms with Gasteiger partial charge >= 0.3 is 0 Å². The molecule has 2 N–H and O–H groups in total. The Hall–Kier alpha value is -2.89. The van der Waals surface area contributed by atoms with Crippen LogP contribution in [0.2, 0.25) is 0 Å². The third-order valence-corrected chi connectivity index (χ3v) is 3.31. The van der Waals surface area contributed by atoms with Crippen LogP contribution in [0, 0.1) is 12.7 Å². The minimum Gasteiger partial charge on any atom is -0.481 e. The second-order valence-corrected chi connectivity index (χ2v) is 5.41. The Morgan fingerprint density at radius 1 is 1.04 bits per heavy atom. The Balaban J connectivity index is 1.77. The SMILES string of the molecule is Cc1ccc(CC(=O)NNC(=O)[C@H](C)Oc2ccc(F)cc2)cc1. The lowest BCUT2D eigenvalue weighted by molar-refractivity contribution is -0.132. The van der Waals surface area contributed by atoms with Gasteiger partial charge in [-0.05, 0) is 43.7 Å². The van der Waals surface area contributed by atoms with Gasteiger partial charge in [0.05, 0.1) is 6.42 Å². The van der Waals surface area contributed by atoms with Gasteiger partial charge in [-0.1, -0.05) is 29.8 Å². The number of ether oxygens (including phenoxy) is 1. The molecule has 0 saturated carbocycles. The number of carbonyl (C=O) groups excluding carboxylic acids is 2. The van der Waals surface area contributed by atoms with Crippen LogP contribution in [0.4, 0.5) is 4.39 Å². The van der Waals surface area contributed by atoms with Gasteiger partial charge in [0.1, 0.15) is 11.6 Å². The average Bonchev–Trinajstić information content (AvgIpc) is 2.57. The maximum absolute atomic E-state index is 12.8. The summed E-state index contributed by atoms with van der Waals surface area (Å²) in [6.07, 6.45) is -0.677. The fourth-order valence-electron chi connectivity index (χ4n) is 1.94. The molecule has 5 nitrogen and oxygen atoms in total. The van der Waals surface area contributed by atoms with Crippen molar-refractivity contribution >= 4 is 11.8 Å². The Labute approximate surface area is 139 Å². The molecule has 1 atom stereocenters. The number of hydrogen-bond donors (Lipinski definition) is 2. The Kier molecular flexibility index (Phi) is 5.89. The zero-order chi connectivity index (χ0) is 17.5. The number of aryl methyl sites for hydroxylation is 1. The highest BCUT2D eigenvalue weighted by atomic mass is 19.1. The van der Waals surface area contributed by atoms with Gasteiger partial charge in [-0.3, -0.25) is 20.4 Å². The van der Waals surface area contributed by atoms with E-state index in [0.29, 0.717) is 5.75 Å². The molecule has 6 heteroatoms. The van der Waals surface area contributed by atoms with Crippen molar-refractivity contribution in [3.05, 3.63) is 65.5 Å². The number of amides is 2. The molecule has 24 heavy (non-hydrogen) atoms. The first-order chi connectivity index (χ1) is 11.4. The number of halogens is 1. The van der Waals surface area contributed by atoms with Crippen LogP contribution in [0.1, 0.15) is 18.1 Å². The van der Waals surface area contributed by atoms with E-state index in [1.807, 2.05) is 31.2 Å². The molecule has 0 bridgehead atoms. The molecule has 126 valence electrons. The van der Waals surface area contributed by atoms with Crippen molar-refractivity contribution in [1.29, 1.82) is 0 Å². The highest BCUT2D eigenvalue weighted by Crippen LogP contribution is 2.12. The topological polar surface area (TPSA) is 67.4 Å². The van der Waals surface area contributed by atoms with E-state index in [2.05, 4.69) is 10.9 Å². The highest BCUT2D eigenvalue weighted by molar-refractivity contribution is 5.85. The standard InChI is InChI=1S/C18H19FN2O3/c1-12-3-5-14(6-4-12)11-17(22)20-21-18(23)13(2)24-16-9-7-15(19)8-10-16/h3-10,13H,11H2,1-2H3,(H,20,22)(H,21,23)/t13-/m0/s1. The van der Waals surface area contributed by atoms with Crippen molar-refractivity contribution in [3.8, 4) is 5.75 Å². The van der Waals surface area contributed by atoms with Gasteiger partial charge in [0, 0.05) is 0 Å². The molecule has 0 aromatic heterocycles. The Bertz CT molecular complexity index is 699. The van der Waals surface area contributed by atoms with E-state index in [4.69, 9.17) is 4.74 Å². The summed E-state index contributed by atoms with van der Waals surface area (Å²) in [5, 5.41) is 0. The molecule has 0 heterocycles. The summed E-state index contributed by atoms with van der Waals surface area (Å²) in [6.45, 7) is 3.50. The predicted molar refractivity (Wildman–Crippen MR) is 87.7 cm³/mol. The van der Waals surface area contributed by atoms with E-state index in [0.717, 1.165) is 11.1 Å². The molecular formula is C18H19FN2O3. The largest absolute Gasteiger partial charge is 0.481 e. The number of hydrogen-bond acceptors (Lipinski definition) is 3. The van der Waals surface area contributed by atoms with Crippen LogP contribution < -0.4 is 15.6 Å². The molecule has 0 aliphatic carbocycles. The van der Waals surface area contributed by atoms with E-state index in [1.54, 1.807) is 0 Å². The first-order valence-electron chi connectivity index (χ1n) is 7.50. The molecular weight excluding hydrogens is 311 g/mol. The summed E-state index contributed by atoms with van der Waals surface area (Å²) >= 11 is 0. The van der Waals surface area contributed by atoms with Crippen molar-refractivity contribution in [1.82, 2.24) is 10.9 Å². The zero-order valence-electron chi connectivity index (χ0n) is 13.5. The molecule has 0 unspecified atom stereocenters. The quantitative estimate of drug-likeness (QED) is 0.827. The van der Waals surface area contributed by atoms with Gasteiger partial charge in [-0.25, -0.2) is 4.39 Å². The first-order valence-corrected chi connectivity index (χ1v) is 7.50. The van der Waals surface area contributed by atoms with Crippen molar-refractivity contribution < 1.29 is 18.7 Å². The predicted octanol–water partition coefficient (Wildman–Crippen LogP) is 2.29. The van der Waals surface area contributed by atoms with Gasteiger partial charge in [-0.15, -0.1) is 0 Å². The number of benzene rings is 2. The molecule has 2 aromatic carbocycles. The third kappa shape index (κ3) is 5.39. The molecule has 0 saturated heterocycles. The van der Waals surface area contributed by atoms with Crippen LogP contribution in [0.15, 0.2) is 48.5 Å². The summed E-state index contributed by atoms with van der Waals surface area (Å²) in [6, 6.07) is 12.9. The smallest absolute Gasteiger partial charge is 0.279 e. The van der Waals surface area contributed by atoms with Crippen LogP contribution >= 0.6 is 0 Å². The number of carbonyl (C=O) groups is 2. The molecule has 0 aliphatic rings. The van der Waals surface area contributed by atoms with Crippen molar-refractivity contribution in [2.24, 2.45) is 0 Å². The van der Waals surface area contributed by atoms with Gasteiger partial charge in [0.25, 0.3) is 5.91 Å². The van der Waals surface area contributed by atoms with E-state index < -0.39 is 12.0 Å². The Morgan fingerprint density at radius 2 is 1.67 bits per heavy atom. The van der Waals surface area contributed by atoms with E-state index in [-0.39, 0.29) is 18.1 Å². The average molecular weight is 330 g/mol. The van der Waals surface area contributed by atoms with Crippen molar-refractivity contribution in [2.45, 2.75) is 26.4 Å². The fraction of sp³-hybridized carbons (Fsp3) is 0.222. The number of hydrazine groups is 1. The lowest BCUT2D eigenvalue weighted by atomic mass is 10.1. The zero-order valence-corrected chi connectivity index (χ0v) is 13.5. The molecule has 0 fully saturated rings. The maximum atomic E-state index is 12.8. The van der Waals surface area contributed by atoms with Crippen LogP contribution in [0.5, 0.6) is 5.75 Å². The monoisotopic (exact) mass is 330 g/mol. The molecule has 2 rings (SSSR count). The fourth-order valence-corrected chi connectivity index (χ4v) is 1.94. The minimum absolute atomic E-state index is 0.160. The van der Waals surface area contributed by atoms with Gasteiger partial charge < -0.3 is 4.74 Å². The van der Waals surface area contributed by atoms with E-state index in [9.17, 15) is 14.0 Å². The van der Waals surface area contributed by atoms with Crippen LogP contribution in [-0.4, -0.2) is 17.9 Å². The first kappa shape index (κ1) is 17.5. The summed E-state index contributed by atoms with van der Waals surface area (Å²) in [4.78, 5) is 23.7. The van der Waals surface area contributed by atoms with E-state index >= 15 is 0 Å². The van der Waals surface area contributed by atoms with Crippen LogP contribution in [-0.2, 0) is 16.0 Å². The maximum Gasteiger partial charge on any atom is 0.279 e. The van der Waals surface area contributed by atoms with Gasteiger partial charge in [0.2, 0.25) is 5.91 Å². The molecule has 2 aromatic rings. The summed E-state index contributed by atoms with van der Waals surface area (Å²) in [5.74, 6) is -0.856. The van der Waals surface area contributed by atoms with Crippen molar-refractivity contribution in [2.75, 3.05) is 0 Å². The molecule has 0 aliphatic heterocycles. The van der Waals surface area contributed by atoms with Crippen LogP contribution in [0.3, 0.4) is 0 Å².